The van der Waals surface area contributed by atoms with Gasteiger partial charge in [-0.1, -0.05) is 13.8 Å². The molecular weight excluding hydrogens is 149 g/mol. The van der Waals surface area contributed by atoms with Crippen molar-refractivity contribution in [1.29, 1.82) is 0 Å². The molecule has 0 amide bonds. The number of rotatable bonds is 5. The van der Waals surface area contributed by atoms with Crippen molar-refractivity contribution in [2.75, 3.05) is 0 Å². The molecular formula is C6H14NO2P. The SMILES string of the molecule is CCC(CC)C(N)OP=O. The van der Waals surface area contributed by atoms with Gasteiger partial charge >= 0.3 is 8.69 Å². The molecule has 2 N–H and O–H groups in total. The van der Waals surface area contributed by atoms with E-state index in [-0.39, 0.29) is 14.9 Å². The molecule has 0 aliphatic rings. The van der Waals surface area contributed by atoms with Crippen LogP contribution in [0.25, 0.3) is 0 Å². The van der Waals surface area contributed by atoms with Crippen LogP contribution < -0.4 is 5.73 Å². The van der Waals surface area contributed by atoms with Gasteiger partial charge in [-0.15, -0.1) is 0 Å². The summed E-state index contributed by atoms with van der Waals surface area (Å²) in [6.45, 7) is 4.08. The summed E-state index contributed by atoms with van der Waals surface area (Å²) in [5.74, 6) is 0.321. The summed E-state index contributed by atoms with van der Waals surface area (Å²) in [6.07, 6.45) is 1.55. The van der Waals surface area contributed by atoms with Crippen LogP contribution in [0.2, 0.25) is 0 Å². The summed E-state index contributed by atoms with van der Waals surface area (Å²) in [6, 6.07) is 0. The zero-order valence-corrected chi connectivity index (χ0v) is 7.30. The Labute approximate surface area is 63.2 Å². The van der Waals surface area contributed by atoms with Crippen LogP contribution in [0.4, 0.5) is 0 Å². The molecule has 1 unspecified atom stereocenters. The molecule has 3 nitrogen and oxygen atoms in total. The highest BCUT2D eigenvalue weighted by Gasteiger charge is 2.13. The Morgan fingerprint density at radius 3 is 2.30 bits per heavy atom. The third kappa shape index (κ3) is 3.25. The van der Waals surface area contributed by atoms with E-state index in [0.717, 1.165) is 12.8 Å². The molecule has 0 aromatic heterocycles. The Bertz CT molecular complexity index is 95.7. The fourth-order valence-electron chi connectivity index (χ4n) is 0.889. The average molecular weight is 163 g/mol. The fraction of sp³-hybridized carbons (Fsp3) is 1.00. The molecule has 0 aliphatic carbocycles. The predicted octanol–water partition coefficient (Wildman–Crippen LogP) is 1.93. The van der Waals surface area contributed by atoms with E-state index < -0.39 is 0 Å². The van der Waals surface area contributed by atoms with Gasteiger partial charge in [0, 0.05) is 0 Å². The van der Waals surface area contributed by atoms with E-state index in [0.29, 0.717) is 5.92 Å². The molecule has 4 heteroatoms. The van der Waals surface area contributed by atoms with E-state index in [2.05, 4.69) is 4.52 Å². The van der Waals surface area contributed by atoms with Crippen LogP contribution in [-0.4, -0.2) is 6.23 Å². The highest BCUT2D eigenvalue weighted by atomic mass is 31.1. The highest BCUT2D eigenvalue weighted by Crippen LogP contribution is 2.15. The van der Waals surface area contributed by atoms with Gasteiger partial charge in [-0.3, -0.25) is 4.52 Å². The van der Waals surface area contributed by atoms with Crippen molar-refractivity contribution in [3.8, 4) is 0 Å². The Morgan fingerprint density at radius 2 is 2.00 bits per heavy atom. The summed E-state index contributed by atoms with van der Waals surface area (Å²) in [5, 5.41) is 0. The van der Waals surface area contributed by atoms with Crippen molar-refractivity contribution in [3.05, 3.63) is 0 Å². The first-order valence-electron chi connectivity index (χ1n) is 3.50. The van der Waals surface area contributed by atoms with Crippen LogP contribution in [0, 0.1) is 5.92 Å². The minimum absolute atomic E-state index is 0.321. The van der Waals surface area contributed by atoms with Crippen LogP contribution >= 0.6 is 8.69 Å². The maximum absolute atomic E-state index is 9.95. The van der Waals surface area contributed by atoms with E-state index in [4.69, 9.17) is 5.73 Å². The summed E-state index contributed by atoms with van der Waals surface area (Å²) in [5.41, 5.74) is 5.52. The van der Waals surface area contributed by atoms with Gasteiger partial charge in [0.25, 0.3) is 0 Å². The Hall–Kier alpha value is 0.0200. The molecule has 0 fully saturated rings. The topological polar surface area (TPSA) is 52.3 Å². The molecule has 0 bridgehead atoms. The van der Waals surface area contributed by atoms with Crippen LogP contribution in [0.3, 0.4) is 0 Å². The molecule has 0 aliphatic heterocycles. The quantitative estimate of drug-likeness (QED) is 0.497. The van der Waals surface area contributed by atoms with Gasteiger partial charge in [0.15, 0.2) is 0 Å². The van der Waals surface area contributed by atoms with Gasteiger partial charge in [-0.05, 0) is 18.8 Å². The molecule has 0 saturated carbocycles. The van der Waals surface area contributed by atoms with E-state index in [9.17, 15) is 4.57 Å². The molecule has 0 saturated heterocycles. The first-order chi connectivity index (χ1) is 4.76. The first kappa shape index (κ1) is 10.0. The molecule has 60 valence electrons. The largest absolute Gasteiger partial charge is 0.328 e. The lowest BCUT2D eigenvalue weighted by Gasteiger charge is -2.16. The van der Waals surface area contributed by atoms with Crippen LogP contribution in [0.5, 0.6) is 0 Å². The van der Waals surface area contributed by atoms with E-state index in [1.165, 1.54) is 0 Å². The lowest BCUT2D eigenvalue weighted by molar-refractivity contribution is 0.150. The third-order valence-electron chi connectivity index (χ3n) is 1.68. The molecule has 0 rings (SSSR count). The summed E-state index contributed by atoms with van der Waals surface area (Å²) >= 11 is 0. The monoisotopic (exact) mass is 163 g/mol. The van der Waals surface area contributed by atoms with E-state index >= 15 is 0 Å². The molecule has 0 radical (unpaired) electrons. The molecule has 10 heavy (non-hydrogen) atoms. The maximum Gasteiger partial charge on any atom is 0.328 e. The molecule has 1 atom stereocenters. The minimum atomic E-state index is -0.380. The Morgan fingerprint density at radius 1 is 1.50 bits per heavy atom. The zero-order chi connectivity index (χ0) is 7.98. The fourth-order valence-corrected chi connectivity index (χ4v) is 1.16. The van der Waals surface area contributed by atoms with Gasteiger partial charge in [0.05, 0.1) is 0 Å². The van der Waals surface area contributed by atoms with Gasteiger partial charge in [-0.2, -0.15) is 0 Å². The summed E-state index contributed by atoms with van der Waals surface area (Å²) < 4.78 is 14.6. The van der Waals surface area contributed by atoms with Crippen molar-refractivity contribution in [1.82, 2.24) is 0 Å². The van der Waals surface area contributed by atoms with E-state index in [1.54, 1.807) is 0 Å². The number of hydrogen-bond acceptors (Lipinski definition) is 3. The molecule has 0 aromatic rings. The lowest BCUT2D eigenvalue weighted by atomic mass is 10.0. The maximum atomic E-state index is 9.95. The highest BCUT2D eigenvalue weighted by molar-refractivity contribution is 7.17. The minimum Gasteiger partial charge on any atom is -0.305 e. The van der Waals surface area contributed by atoms with Crippen LogP contribution in [0.1, 0.15) is 26.7 Å². The standard InChI is InChI=1S/C6H14NO2P/c1-3-5(4-2)6(7)9-10-8/h5-6H,3-4,7H2,1-2H3. The van der Waals surface area contributed by atoms with Crippen LogP contribution in [-0.2, 0) is 9.09 Å². The molecule has 0 spiro atoms. The average Bonchev–Trinajstić information content (AvgIpc) is 1.91. The second-order valence-electron chi connectivity index (χ2n) is 2.22. The second kappa shape index (κ2) is 5.78. The summed E-state index contributed by atoms with van der Waals surface area (Å²) in [7, 11) is -0.322. The number of hydrogen-bond donors (Lipinski definition) is 1. The van der Waals surface area contributed by atoms with Crippen molar-refractivity contribution in [3.63, 3.8) is 0 Å². The van der Waals surface area contributed by atoms with E-state index in [1.807, 2.05) is 13.8 Å². The smallest absolute Gasteiger partial charge is 0.305 e. The first-order valence-corrected chi connectivity index (χ1v) is 4.23. The molecule has 0 heterocycles. The van der Waals surface area contributed by atoms with Crippen molar-refractivity contribution in [2.45, 2.75) is 32.9 Å². The zero-order valence-electron chi connectivity index (χ0n) is 6.41. The third-order valence-corrected chi connectivity index (χ3v) is 2.01. The predicted molar refractivity (Wildman–Crippen MR) is 40.7 cm³/mol. The van der Waals surface area contributed by atoms with Crippen molar-refractivity contribution in [2.24, 2.45) is 11.7 Å². The normalized spacial score (nSPS) is 14.4. The van der Waals surface area contributed by atoms with Crippen LogP contribution in [0.15, 0.2) is 0 Å². The Balaban J connectivity index is 3.63. The Kier molecular flexibility index (Phi) is 5.79. The molecule has 0 aromatic carbocycles. The second-order valence-corrected chi connectivity index (χ2v) is 2.58. The van der Waals surface area contributed by atoms with Crippen molar-refractivity contribution < 1.29 is 9.09 Å². The lowest BCUT2D eigenvalue weighted by Crippen LogP contribution is -2.29. The van der Waals surface area contributed by atoms with Gasteiger partial charge in [-0.25, -0.2) is 4.57 Å². The summed E-state index contributed by atoms with van der Waals surface area (Å²) in [4.78, 5) is 0. The van der Waals surface area contributed by atoms with Gasteiger partial charge in [0.1, 0.15) is 6.23 Å². The number of nitrogens with two attached hydrogens (primary N) is 1. The van der Waals surface area contributed by atoms with Crippen molar-refractivity contribution >= 4 is 8.69 Å². The van der Waals surface area contributed by atoms with Gasteiger partial charge in [0.2, 0.25) is 0 Å². The van der Waals surface area contributed by atoms with Gasteiger partial charge < -0.3 is 5.73 Å².